The highest BCUT2D eigenvalue weighted by Crippen LogP contribution is 2.25. The largest absolute Gasteiger partial charge is 0.398 e. The van der Waals surface area contributed by atoms with E-state index in [1.54, 1.807) is 6.07 Å². The van der Waals surface area contributed by atoms with Crippen LogP contribution in [0.3, 0.4) is 0 Å². The molecule has 0 atom stereocenters. The van der Waals surface area contributed by atoms with Crippen molar-refractivity contribution in [3.8, 4) is 0 Å². The zero-order valence-electron chi connectivity index (χ0n) is 9.68. The maximum absolute atomic E-state index is 13.0. The summed E-state index contributed by atoms with van der Waals surface area (Å²) in [7, 11) is -3.63. The molecule has 7 heteroatoms. The highest BCUT2D eigenvalue weighted by Gasteiger charge is 2.19. The van der Waals surface area contributed by atoms with Crippen molar-refractivity contribution in [1.29, 1.82) is 0 Å². The summed E-state index contributed by atoms with van der Waals surface area (Å²) >= 11 is 3.20. The Hall–Kier alpha value is -1.47. The Kier molecular flexibility index (Phi) is 3.86. The van der Waals surface area contributed by atoms with E-state index in [-0.39, 0.29) is 21.9 Å². The van der Waals surface area contributed by atoms with Crippen molar-refractivity contribution in [2.24, 2.45) is 0 Å². The number of hydrogen-bond donors (Lipinski definition) is 1. The molecule has 1 heterocycles. The Morgan fingerprint density at radius 2 is 2.00 bits per heavy atom. The number of nitrogens with zero attached hydrogens (tertiary/aromatic N) is 1. The summed E-state index contributed by atoms with van der Waals surface area (Å²) in [5.41, 5.74) is 6.12. The van der Waals surface area contributed by atoms with Crippen molar-refractivity contribution < 1.29 is 12.8 Å². The lowest BCUT2D eigenvalue weighted by molar-refractivity contribution is 0.594. The first-order valence-corrected chi connectivity index (χ1v) is 7.70. The van der Waals surface area contributed by atoms with E-state index >= 15 is 0 Å². The van der Waals surface area contributed by atoms with E-state index < -0.39 is 15.7 Å². The molecule has 1 aromatic heterocycles. The molecule has 2 aromatic rings. The van der Waals surface area contributed by atoms with Crippen LogP contribution in [0.4, 0.5) is 10.1 Å². The summed E-state index contributed by atoms with van der Waals surface area (Å²) in [6.45, 7) is 0. The lowest BCUT2D eigenvalue weighted by Crippen LogP contribution is -2.08. The summed E-state index contributed by atoms with van der Waals surface area (Å²) in [6.07, 6.45) is 2.33. The van der Waals surface area contributed by atoms with Gasteiger partial charge in [-0.3, -0.25) is 4.98 Å². The molecule has 0 aliphatic carbocycles. The van der Waals surface area contributed by atoms with Crippen molar-refractivity contribution in [3.63, 3.8) is 0 Å². The summed E-state index contributed by atoms with van der Waals surface area (Å²) in [5.74, 6) is -0.916. The second kappa shape index (κ2) is 5.26. The molecule has 0 amide bonds. The van der Waals surface area contributed by atoms with Gasteiger partial charge in [-0.05, 0) is 29.8 Å². The van der Waals surface area contributed by atoms with Gasteiger partial charge in [0.25, 0.3) is 0 Å². The molecule has 0 unspecified atom stereocenters. The van der Waals surface area contributed by atoms with Gasteiger partial charge in [0, 0.05) is 10.7 Å². The predicted molar refractivity (Wildman–Crippen MR) is 73.6 cm³/mol. The predicted octanol–water partition coefficient (Wildman–Crippen LogP) is 2.54. The van der Waals surface area contributed by atoms with Crippen LogP contribution >= 0.6 is 15.9 Å². The summed E-state index contributed by atoms with van der Waals surface area (Å²) in [4.78, 5) is 3.65. The number of hydrogen-bond acceptors (Lipinski definition) is 4. The molecule has 0 aliphatic rings. The number of aromatic nitrogens is 1. The Labute approximate surface area is 118 Å². The SMILES string of the molecule is Nc1cc(Br)ccc1S(=O)(=O)Cc1cncc(F)c1. The van der Waals surface area contributed by atoms with Crippen molar-refractivity contribution in [1.82, 2.24) is 4.98 Å². The molecule has 0 bridgehead atoms. The maximum atomic E-state index is 13.0. The van der Waals surface area contributed by atoms with Crippen LogP contribution in [-0.2, 0) is 15.6 Å². The summed E-state index contributed by atoms with van der Waals surface area (Å²) in [5, 5.41) is 0. The quantitative estimate of drug-likeness (QED) is 0.868. The fourth-order valence-corrected chi connectivity index (χ4v) is 3.46. The fourth-order valence-electron chi connectivity index (χ4n) is 1.63. The Bertz CT molecular complexity index is 719. The molecular formula is C12H10BrFN2O2S. The molecule has 19 heavy (non-hydrogen) atoms. The van der Waals surface area contributed by atoms with E-state index in [1.807, 2.05) is 0 Å². The van der Waals surface area contributed by atoms with Gasteiger partial charge < -0.3 is 5.73 Å². The van der Waals surface area contributed by atoms with Gasteiger partial charge in [0.2, 0.25) is 0 Å². The first kappa shape index (κ1) is 14.0. The monoisotopic (exact) mass is 344 g/mol. The van der Waals surface area contributed by atoms with Crippen LogP contribution in [0.1, 0.15) is 5.56 Å². The van der Waals surface area contributed by atoms with Gasteiger partial charge in [0.1, 0.15) is 5.82 Å². The second-order valence-corrected chi connectivity index (χ2v) is 6.83. The Morgan fingerprint density at radius 1 is 1.26 bits per heavy atom. The molecule has 0 fully saturated rings. The molecule has 100 valence electrons. The number of sulfone groups is 1. The fraction of sp³-hybridized carbons (Fsp3) is 0.0833. The van der Waals surface area contributed by atoms with E-state index in [4.69, 9.17) is 5.73 Å². The molecule has 0 radical (unpaired) electrons. The van der Waals surface area contributed by atoms with Gasteiger partial charge in [0.15, 0.2) is 9.84 Å². The minimum Gasteiger partial charge on any atom is -0.398 e. The number of rotatable bonds is 3. The number of nitrogens with two attached hydrogens (primary N) is 1. The summed E-state index contributed by atoms with van der Waals surface area (Å²) < 4.78 is 38.1. The topological polar surface area (TPSA) is 73.1 Å². The average molecular weight is 345 g/mol. The maximum Gasteiger partial charge on any atom is 0.184 e. The van der Waals surface area contributed by atoms with Gasteiger partial charge in [0.05, 0.1) is 22.5 Å². The molecule has 0 saturated carbocycles. The van der Waals surface area contributed by atoms with Crippen LogP contribution in [0.25, 0.3) is 0 Å². The van der Waals surface area contributed by atoms with Gasteiger partial charge in [-0.25, -0.2) is 12.8 Å². The number of nitrogen functional groups attached to an aromatic ring is 1. The molecule has 0 spiro atoms. The van der Waals surface area contributed by atoms with Crippen LogP contribution in [-0.4, -0.2) is 13.4 Å². The zero-order valence-corrected chi connectivity index (χ0v) is 12.1. The summed E-state index contributed by atoms with van der Waals surface area (Å²) in [6, 6.07) is 5.66. The number of benzene rings is 1. The smallest absolute Gasteiger partial charge is 0.184 e. The van der Waals surface area contributed by atoms with Crippen molar-refractivity contribution in [2.75, 3.05) is 5.73 Å². The second-order valence-electron chi connectivity index (χ2n) is 3.95. The zero-order chi connectivity index (χ0) is 14.0. The first-order valence-electron chi connectivity index (χ1n) is 5.26. The molecule has 2 N–H and O–H groups in total. The Balaban J connectivity index is 2.38. The molecule has 1 aromatic carbocycles. The van der Waals surface area contributed by atoms with Gasteiger partial charge in [-0.2, -0.15) is 0 Å². The average Bonchev–Trinajstić information content (AvgIpc) is 2.27. The van der Waals surface area contributed by atoms with Crippen LogP contribution in [0.5, 0.6) is 0 Å². The van der Waals surface area contributed by atoms with E-state index in [0.717, 1.165) is 12.3 Å². The lowest BCUT2D eigenvalue weighted by Gasteiger charge is -2.08. The normalized spacial score (nSPS) is 11.5. The lowest BCUT2D eigenvalue weighted by atomic mass is 10.3. The number of anilines is 1. The molecule has 0 saturated heterocycles. The van der Waals surface area contributed by atoms with Crippen LogP contribution in [0.2, 0.25) is 0 Å². The van der Waals surface area contributed by atoms with Crippen molar-refractivity contribution >= 4 is 31.5 Å². The number of halogens is 2. The van der Waals surface area contributed by atoms with Gasteiger partial charge >= 0.3 is 0 Å². The third-order valence-electron chi connectivity index (χ3n) is 2.43. The van der Waals surface area contributed by atoms with Crippen LogP contribution < -0.4 is 5.73 Å². The highest BCUT2D eigenvalue weighted by atomic mass is 79.9. The van der Waals surface area contributed by atoms with E-state index in [0.29, 0.717) is 4.47 Å². The minimum atomic E-state index is -3.63. The van der Waals surface area contributed by atoms with E-state index in [1.165, 1.54) is 18.3 Å². The third-order valence-corrected chi connectivity index (χ3v) is 4.67. The van der Waals surface area contributed by atoms with Gasteiger partial charge in [-0.1, -0.05) is 15.9 Å². The van der Waals surface area contributed by atoms with Crippen LogP contribution in [0.15, 0.2) is 46.0 Å². The third kappa shape index (κ3) is 3.30. The first-order chi connectivity index (χ1) is 8.88. The molecule has 4 nitrogen and oxygen atoms in total. The Morgan fingerprint density at radius 3 is 2.63 bits per heavy atom. The molecule has 0 aliphatic heterocycles. The van der Waals surface area contributed by atoms with E-state index in [2.05, 4.69) is 20.9 Å². The molecule has 2 rings (SSSR count). The van der Waals surface area contributed by atoms with Crippen molar-refractivity contribution in [3.05, 3.63) is 52.5 Å². The highest BCUT2D eigenvalue weighted by molar-refractivity contribution is 9.10. The van der Waals surface area contributed by atoms with Crippen LogP contribution in [0, 0.1) is 5.82 Å². The van der Waals surface area contributed by atoms with Crippen molar-refractivity contribution in [2.45, 2.75) is 10.6 Å². The van der Waals surface area contributed by atoms with E-state index in [9.17, 15) is 12.8 Å². The molecular weight excluding hydrogens is 335 g/mol. The standard InChI is InChI=1S/C12H10BrFN2O2S/c13-9-1-2-12(11(15)4-9)19(17,18)7-8-3-10(14)6-16-5-8/h1-6H,7,15H2. The van der Waals surface area contributed by atoms with Gasteiger partial charge in [-0.15, -0.1) is 0 Å². The number of pyridine rings is 1. The minimum absolute atomic E-state index is 0.0277.